The lowest BCUT2D eigenvalue weighted by molar-refractivity contribution is -0.0498. The summed E-state index contributed by atoms with van der Waals surface area (Å²) >= 11 is 0. The summed E-state index contributed by atoms with van der Waals surface area (Å²) in [6, 6.07) is 7.19. The van der Waals surface area contributed by atoms with Crippen LogP contribution in [0.3, 0.4) is 0 Å². The van der Waals surface area contributed by atoms with Gasteiger partial charge in [0.15, 0.2) is 0 Å². The van der Waals surface area contributed by atoms with Crippen LogP contribution in [0, 0.1) is 5.92 Å². The van der Waals surface area contributed by atoms with Gasteiger partial charge in [-0.3, -0.25) is 0 Å². The largest absolute Gasteiger partial charge is 0.435 e. The summed E-state index contributed by atoms with van der Waals surface area (Å²) in [6.07, 6.45) is 3.69. The van der Waals surface area contributed by atoms with Gasteiger partial charge in [0, 0.05) is 11.7 Å². The second-order valence-electron chi connectivity index (χ2n) is 4.56. The van der Waals surface area contributed by atoms with Crippen LogP contribution in [0.4, 0.5) is 14.5 Å². The van der Waals surface area contributed by atoms with Crippen molar-refractivity contribution in [3.8, 4) is 5.75 Å². The number of rotatable bonds is 4. The Balaban J connectivity index is 1.93. The van der Waals surface area contributed by atoms with Gasteiger partial charge in [-0.15, -0.1) is 0 Å². The molecule has 1 aliphatic carbocycles. The van der Waals surface area contributed by atoms with Crippen molar-refractivity contribution in [2.75, 3.05) is 5.32 Å². The van der Waals surface area contributed by atoms with Crippen LogP contribution >= 0.6 is 0 Å². The van der Waals surface area contributed by atoms with Gasteiger partial charge in [-0.2, -0.15) is 8.78 Å². The zero-order valence-electron chi connectivity index (χ0n) is 9.83. The van der Waals surface area contributed by atoms with E-state index in [0.29, 0.717) is 12.0 Å². The molecular weight excluding hydrogens is 224 g/mol. The van der Waals surface area contributed by atoms with Crippen molar-refractivity contribution >= 4 is 5.69 Å². The Morgan fingerprint density at radius 1 is 1.24 bits per heavy atom. The minimum Gasteiger partial charge on any atom is -0.435 e. The topological polar surface area (TPSA) is 21.3 Å². The fraction of sp³-hybridized carbons (Fsp3) is 0.538. The Bertz CT molecular complexity index is 353. The Hall–Kier alpha value is -1.32. The summed E-state index contributed by atoms with van der Waals surface area (Å²) in [5.41, 5.74) is 0.963. The molecule has 0 aromatic heterocycles. The highest BCUT2D eigenvalue weighted by Crippen LogP contribution is 2.28. The van der Waals surface area contributed by atoms with E-state index in [2.05, 4.69) is 17.0 Å². The highest BCUT2D eigenvalue weighted by atomic mass is 19.3. The van der Waals surface area contributed by atoms with Crippen molar-refractivity contribution in [3.05, 3.63) is 24.3 Å². The molecule has 0 amide bonds. The van der Waals surface area contributed by atoms with Crippen molar-refractivity contribution in [3.63, 3.8) is 0 Å². The van der Waals surface area contributed by atoms with Gasteiger partial charge in [0.25, 0.3) is 0 Å². The number of anilines is 1. The molecule has 17 heavy (non-hydrogen) atoms. The molecule has 1 N–H and O–H groups in total. The molecule has 1 aliphatic rings. The van der Waals surface area contributed by atoms with Crippen LogP contribution in [0.2, 0.25) is 0 Å². The fourth-order valence-electron chi connectivity index (χ4n) is 2.31. The van der Waals surface area contributed by atoms with Gasteiger partial charge in [-0.25, -0.2) is 0 Å². The molecule has 1 fully saturated rings. The molecule has 0 heterocycles. The lowest BCUT2D eigenvalue weighted by Gasteiger charge is -2.18. The first-order valence-corrected chi connectivity index (χ1v) is 5.96. The third-order valence-corrected chi connectivity index (χ3v) is 3.29. The zero-order chi connectivity index (χ0) is 12.3. The summed E-state index contributed by atoms with van der Waals surface area (Å²) in [5, 5.41) is 3.43. The third-order valence-electron chi connectivity index (χ3n) is 3.29. The van der Waals surface area contributed by atoms with Gasteiger partial charge < -0.3 is 10.1 Å². The summed E-state index contributed by atoms with van der Waals surface area (Å²) in [4.78, 5) is 0. The van der Waals surface area contributed by atoms with Gasteiger partial charge in [0.1, 0.15) is 5.75 Å². The molecule has 2 atom stereocenters. The van der Waals surface area contributed by atoms with E-state index in [1.165, 1.54) is 19.3 Å². The molecule has 1 aromatic rings. The first-order valence-electron chi connectivity index (χ1n) is 5.96. The number of benzene rings is 1. The standard InChI is InChI=1S/C13H17F2NO/c1-9-3-2-4-12(9)16-10-5-7-11(8-6-10)17-13(14)15/h5-9,12-13,16H,2-4H2,1H3. The Kier molecular flexibility index (Phi) is 3.82. The smallest absolute Gasteiger partial charge is 0.387 e. The minimum absolute atomic E-state index is 0.199. The predicted octanol–water partition coefficient (Wildman–Crippen LogP) is 3.89. The fourth-order valence-corrected chi connectivity index (χ4v) is 2.31. The molecule has 4 heteroatoms. The lowest BCUT2D eigenvalue weighted by atomic mass is 10.1. The van der Waals surface area contributed by atoms with Crippen LogP contribution in [-0.2, 0) is 0 Å². The van der Waals surface area contributed by atoms with Gasteiger partial charge in [0.2, 0.25) is 0 Å². The SMILES string of the molecule is CC1CCCC1Nc1ccc(OC(F)F)cc1. The van der Waals surface area contributed by atoms with Crippen LogP contribution in [0.5, 0.6) is 5.75 Å². The van der Waals surface area contributed by atoms with E-state index in [1.807, 2.05) is 0 Å². The van der Waals surface area contributed by atoms with Crippen molar-refractivity contribution < 1.29 is 13.5 Å². The monoisotopic (exact) mass is 241 g/mol. The van der Waals surface area contributed by atoms with Crippen molar-refractivity contribution in [1.29, 1.82) is 0 Å². The van der Waals surface area contributed by atoms with Crippen molar-refractivity contribution in [1.82, 2.24) is 0 Å². The maximum Gasteiger partial charge on any atom is 0.387 e. The highest BCUT2D eigenvalue weighted by molar-refractivity contribution is 5.47. The summed E-state index contributed by atoms with van der Waals surface area (Å²) in [7, 11) is 0. The molecule has 0 saturated heterocycles. The highest BCUT2D eigenvalue weighted by Gasteiger charge is 2.22. The van der Waals surface area contributed by atoms with E-state index in [9.17, 15) is 8.78 Å². The molecule has 0 bridgehead atoms. The number of alkyl halides is 2. The van der Waals surface area contributed by atoms with Gasteiger partial charge in [-0.05, 0) is 43.0 Å². The van der Waals surface area contributed by atoms with Gasteiger partial charge >= 0.3 is 6.61 Å². The molecule has 2 unspecified atom stereocenters. The van der Waals surface area contributed by atoms with Crippen molar-refractivity contribution in [2.24, 2.45) is 5.92 Å². The van der Waals surface area contributed by atoms with E-state index < -0.39 is 6.61 Å². The van der Waals surface area contributed by atoms with E-state index in [1.54, 1.807) is 24.3 Å². The van der Waals surface area contributed by atoms with E-state index in [4.69, 9.17) is 0 Å². The third kappa shape index (κ3) is 3.32. The minimum atomic E-state index is -2.76. The Labute approximate surface area is 100.0 Å². The molecule has 1 saturated carbocycles. The van der Waals surface area contributed by atoms with Crippen LogP contribution in [0.1, 0.15) is 26.2 Å². The maximum atomic E-state index is 12.0. The van der Waals surface area contributed by atoms with E-state index >= 15 is 0 Å². The molecule has 0 aliphatic heterocycles. The second kappa shape index (κ2) is 5.34. The first kappa shape index (κ1) is 12.1. The Morgan fingerprint density at radius 3 is 2.47 bits per heavy atom. The molecule has 0 spiro atoms. The molecule has 94 valence electrons. The first-order chi connectivity index (χ1) is 8.15. The summed E-state index contributed by atoms with van der Waals surface area (Å²) in [5.74, 6) is 0.872. The van der Waals surface area contributed by atoms with Crippen molar-refractivity contribution in [2.45, 2.75) is 38.8 Å². The molecule has 0 radical (unpaired) electrons. The van der Waals surface area contributed by atoms with Gasteiger partial charge in [-0.1, -0.05) is 13.3 Å². The number of nitrogens with one attached hydrogen (secondary N) is 1. The molecular formula is C13H17F2NO. The average Bonchev–Trinajstić information content (AvgIpc) is 2.67. The lowest BCUT2D eigenvalue weighted by Crippen LogP contribution is -2.21. The molecule has 1 aromatic carbocycles. The van der Waals surface area contributed by atoms with Gasteiger partial charge in [0.05, 0.1) is 0 Å². The van der Waals surface area contributed by atoms with Crippen LogP contribution in [0.15, 0.2) is 24.3 Å². The van der Waals surface area contributed by atoms with Crippen LogP contribution in [0.25, 0.3) is 0 Å². The van der Waals surface area contributed by atoms with Crippen LogP contribution in [-0.4, -0.2) is 12.7 Å². The summed E-state index contributed by atoms with van der Waals surface area (Å²) < 4.78 is 28.2. The second-order valence-corrected chi connectivity index (χ2v) is 4.56. The average molecular weight is 241 g/mol. The number of hydrogen-bond donors (Lipinski definition) is 1. The molecule has 2 nitrogen and oxygen atoms in total. The summed E-state index contributed by atoms with van der Waals surface area (Å²) in [6.45, 7) is -0.525. The zero-order valence-corrected chi connectivity index (χ0v) is 9.83. The van der Waals surface area contributed by atoms with E-state index in [-0.39, 0.29) is 5.75 Å². The number of hydrogen-bond acceptors (Lipinski definition) is 2. The normalized spacial score (nSPS) is 24.0. The van der Waals surface area contributed by atoms with E-state index in [0.717, 1.165) is 5.69 Å². The Morgan fingerprint density at radius 2 is 1.94 bits per heavy atom. The van der Waals surface area contributed by atoms with Crippen LogP contribution < -0.4 is 10.1 Å². The molecule has 2 rings (SSSR count). The predicted molar refractivity (Wildman–Crippen MR) is 63.5 cm³/mol. The number of ether oxygens (including phenoxy) is 1. The number of halogens is 2. The quantitative estimate of drug-likeness (QED) is 0.863. The maximum absolute atomic E-state index is 12.0.